The van der Waals surface area contributed by atoms with Gasteiger partial charge in [0.2, 0.25) is 0 Å². The second-order valence-electron chi connectivity index (χ2n) is 5.84. The molecule has 1 fully saturated rings. The summed E-state index contributed by atoms with van der Waals surface area (Å²) in [6.45, 7) is 1.55. The summed E-state index contributed by atoms with van der Waals surface area (Å²) in [5.74, 6) is -0.0445. The number of piperidine rings is 1. The molecule has 2 N–H and O–H groups in total. The fourth-order valence-electron chi connectivity index (χ4n) is 2.77. The lowest BCUT2D eigenvalue weighted by Gasteiger charge is -2.32. The van der Waals surface area contributed by atoms with Crippen molar-refractivity contribution in [1.82, 2.24) is 4.90 Å². The highest BCUT2D eigenvalue weighted by Gasteiger charge is 2.27. The molecule has 1 aliphatic heterocycles. The van der Waals surface area contributed by atoms with Gasteiger partial charge in [-0.1, -0.05) is 30.3 Å². The molecule has 0 aliphatic carbocycles. The number of hydrogen-bond acceptors (Lipinski definition) is 5. The molecule has 6 nitrogen and oxygen atoms in total. The first-order valence-electron chi connectivity index (χ1n) is 7.89. The highest BCUT2D eigenvalue weighted by molar-refractivity contribution is 5.85. The number of esters is 1. The summed E-state index contributed by atoms with van der Waals surface area (Å²) in [6.07, 6.45) is 1.96. The van der Waals surface area contributed by atoms with E-state index >= 15 is 0 Å². The number of carbonyl (C=O) groups is 2. The number of hydrogen-bond donors (Lipinski definition) is 1. The minimum Gasteiger partial charge on any atom is -0.468 e. The Morgan fingerprint density at radius 2 is 1.88 bits per heavy atom. The van der Waals surface area contributed by atoms with Gasteiger partial charge in [-0.05, 0) is 30.7 Å². The Balaban J connectivity index is 0.00000288. The fraction of sp³-hybridized carbons (Fsp3) is 0.529. The van der Waals surface area contributed by atoms with Crippen LogP contribution in [0.4, 0.5) is 4.79 Å². The lowest BCUT2D eigenvalue weighted by Crippen LogP contribution is -2.41. The average molecular weight is 357 g/mol. The van der Waals surface area contributed by atoms with Crippen LogP contribution in [0.25, 0.3) is 0 Å². The summed E-state index contributed by atoms with van der Waals surface area (Å²) >= 11 is 0. The molecule has 2 rings (SSSR count). The van der Waals surface area contributed by atoms with Gasteiger partial charge in [0.05, 0.1) is 7.11 Å². The monoisotopic (exact) mass is 356 g/mol. The SMILES string of the molecule is COC(=O)[C@@H](N)CC1CCN(C(=O)OCc2ccccc2)CC1.Cl. The van der Waals surface area contributed by atoms with E-state index in [4.69, 9.17) is 10.5 Å². The molecule has 0 bridgehead atoms. The molecule has 1 saturated heterocycles. The number of nitrogens with two attached hydrogens (primary N) is 1. The number of carbonyl (C=O) groups excluding carboxylic acids is 2. The zero-order chi connectivity index (χ0) is 16.7. The number of nitrogens with zero attached hydrogens (tertiary/aromatic N) is 1. The number of halogens is 1. The predicted octanol–water partition coefficient (Wildman–Crippen LogP) is 2.35. The molecule has 134 valence electrons. The first-order chi connectivity index (χ1) is 11.1. The van der Waals surface area contributed by atoms with Gasteiger partial charge in [-0.15, -0.1) is 12.4 Å². The van der Waals surface area contributed by atoms with Gasteiger partial charge in [0.15, 0.2) is 0 Å². The topological polar surface area (TPSA) is 81.9 Å². The molecule has 0 aromatic heterocycles. The number of benzene rings is 1. The Labute approximate surface area is 148 Å². The van der Waals surface area contributed by atoms with Gasteiger partial charge in [0.1, 0.15) is 12.6 Å². The van der Waals surface area contributed by atoms with E-state index in [0.29, 0.717) is 25.4 Å². The van der Waals surface area contributed by atoms with Crippen LogP contribution in [0.1, 0.15) is 24.8 Å². The number of likely N-dealkylation sites (tertiary alicyclic amines) is 1. The van der Waals surface area contributed by atoms with Crippen LogP contribution in [0.3, 0.4) is 0 Å². The van der Waals surface area contributed by atoms with Crippen LogP contribution in [-0.4, -0.2) is 43.2 Å². The van der Waals surface area contributed by atoms with Crippen molar-refractivity contribution in [2.75, 3.05) is 20.2 Å². The number of methoxy groups -OCH3 is 1. The van der Waals surface area contributed by atoms with Crippen LogP contribution >= 0.6 is 12.4 Å². The van der Waals surface area contributed by atoms with E-state index in [1.54, 1.807) is 4.90 Å². The van der Waals surface area contributed by atoms with E-state index < -0.39 is 6.04 Å². The van der Waals surface area contributed by atoms with Gasteiger partial charge in [-0.2, -0.15) is 0 Å². The Hall–Kier alpha value is -1.79. The van der Waals surface area contributed by atoms with E-state index in [9.17, 15) is 9.59 Å². The molecule has 1 amide bonds. The van der Waals surface area contributed by atoms with Crippen molar-refractivity contribution in [1.29, 1.82) is 0 Å². The average Bonchev–Trinajstić information content (AvgIpc) is 2.60. The maximum atomic E-state index is 12.1. The van der Waals surface area contributed by atoms with Crippen molar-refractivity contribution >= 4 is 24.5 Å². The molecule has 1 atom stereocenters. The van der Waals surface area contributed by atoms with Gasteiger partial charge in [-0.3, -0.25) is 4.79 Å². The van der Waals surface area contributed by atoms with Crippen LogP contribution in [0.2, 0.25) is 0 Å². The highest BCUT2D eigenvalue weighted by atomic mass is 35.5. The molecule has 1 aliphatic rings. The van der Waals surface area contributed by atoms with E-state index in [1.807, 2.05) is 30.3 Å². The second kappa shape index (κ2) is 10.2. The summed E-state index contributed by atoms with van der Waals surface area (Å²) in [5.41, 5.74) is 6.76. The Morgan fingerprint density at radius 3 is 2.46 bits per heavy atom. The first-order valence-corrected chi connectivity index (χ1v) is 7.89. The highest BCUT2D eigenvalue weighted by Crippen LogP contribution is 2.22. The zero-order valence-electron chi connectivity index (χ0n) is 13.8. The minimum absolute atomic E-state index is 0. The van der Waals surface area contributed by atoms with Crippen LogP contribution in [0, 0.1) is 5.92 Å². The molecule has 0 unspecified atom stereocenters. The van der Waals surface area contributed by atoms with Gasteiger partial charge < -0.3 is 20.1 Å². The first kappa shape index (κ1) is 20.3. The molecule has 0 spiro atoms. The Morgan fingerprint density at radius 1 is 1.25 bits per heavy atom. The second-order valence-corrected chi connectivity index (χ2v) is 5.84. The zero-order valence-corrected chi connectivity index (χ0v) is 14.7. The Kier molecular flexibility index (Phi) is 8.57. The van der Waals surface area contributed by atoms with Gasteiger partial charge >= 0.3 is 12.1 Å². The molecular weight excluding hydrogens is 332 g/mol. The van der Waals surface area contributed by atoms with Crippen LogP contribution < -0.4 is 5.73 Å². The quantitative estimate of drug-likeness (QED) is 0.819. The van der Waals surface area contributed by atoms with Crippen molar-refractivity contribution in [2.24, 2.45) is 11.7 Å². The third-order valence-corrected chi connectivity index (χ3v) is 4.17. The number of amides is 1. The molecule has 1 aromatic carbocycles. The van der Waals surface area contributed by atoms with Crippen molar-refractivity contribution < 1.29 is 19.1 Å². The fourth-order valence-corrected chi connectivity index (χ4v) is 2.77. The summed E-state index contributed by atoms with van der Waals surface area (Å²) in [7, 11) is 1.34. The van der Waals surface area contributed by atoms with E-state index in [2.05, 4.69) is 4.74 Å². The van der Waals surface area contributed by atoms with Crippen molar-refractivity contribution in [3.05, 3.63) is 35.9 Å². The van der Waals surface area contributed by atoms with Crippen LogP contribution in [0.15, 0.2) is 30.3 Å². The summed E-state index contributed by atoms with van der Waals surface area (Å²) < 4.78 is 9.97. The standard InChI is InChI=1S/C17H24N2O4.ClH/c1-22-16(20)15(18)11-13-7-9-19(10-8-13)17(21)23-12-14-5-3-2-4-6-14;/h2-6,13,15H,7-12,18H2,1H3;1H/t15-;/m0./s1. The summed E-state index contributed by atoms with van der Waals surface area (Å²) in [5, 5.41) is 0. The molecule has 0 radical (unpaired) electrons. The molecule has 1 heterocycles. The predicted molar refractivity (Wildman–Crippen MR) is 92.8 cm³/mol. The largest absolute Gasteiger partial charge is 0.468 e. The van der Waals surface area contributed by atoms with E-state index in [1.165, 1.54) is 7.11 Å². The normalized spacial score (nSPS) is 16.0. The van der Waals surface area contributed by atoms with Gasteiger partial charge in [0.25, 0.3) is 0 Å². The summed E-state index contributed by atoms with van der Waals surface area (Å²) in [4.78, 5) is 25.1. The lowest BCUT2D eigenvalue weighted by atomic mass is 9.90. The number of rotatable bonds is 5. The van der Waals surface area contributed by atoms with E-state index in [-0.39, 0.29) is 31.1 Å². The van der Waals surface area contributed by atoms with Gasteiger partial charge in [0, 0.05) is 13.1 Å². The minimum atomic E-state index is -0.582. The number of ether oxygens (including phenoxy) is 2. The van der Waals surface area contributed by atoms with Crippen molar-refractivity contribution in [3.63, 3.8) is 0 Å². The maximum absolute atomic E-state index is 12.1. The molecular formula is C17H25ClN2O4. The third-order valence-electron chi connectivity index (χ3n) is 4.17. The van der Waals surface area contributed by atoms with Crippen molar-refractivity contribution in [3.8, 4) is 0 Å². The Bertz CT molecular complexity index is 519. The van der Waals surface area contributed by atoms with Gasteiger partial charge in [-0.25, -0.2) is 4.79 Å². The summed E-state index contributed by atoms with van der Waals surface area (Å²) in [6, 6.07) is 9.02. The maximum Gasteiger partial charge on any atom is 0.410 e. The molecule has 7 heteroatoms. The van der Waals surface area contributed by atoms with Crippen LogP contribution in [-0.2, 0) is 20.9 Å². The molecule has 1 aromatic rings. The third kappa shape index (κ3) is 6.02. The molecule has 0 saturated carbocycles. The van der Waals surface area contributed by atoms with Crippen LogP contribution in [0.5, 0.6) is 0 Å². The van der Waals surface area contributed by atoms with E-state index in [0.717, 1.165) is 18.4 Å². The molecule has 24 heavy (non-hydrogen) atoms. The lowest BCUT2D eigenvalue weighted by molar-refractivity contribution is -0.142. The smallest absolute Gasteiger partial charge is 0.410 e. The van der Waals surface area contributed by atoms with Crippen molar-refractivity contribution in [2.45, 2.75) is 31.9 Å².